The fourth-order valence-electron chi connectivity index (χ4n) is 1.46. The Morgan fingerprint density at radius 3 is 2.84 bits per heavy atom. The number of nitrogens with two attached hydrogens (primary N) is 1. The molecule has 104 valence electrons. The van der Waals surface area contributed by atoms with Crippen LogP contribution in [-0.2, 0) is 0 Å². The van der Waals surface area contributed by atoms with Crippen molar-refractivity contribution in [2.24, 2.45) is 0 Å². The summed E-state index contributed by atoms with van der Waals surface area (Å²) in [6, 6.07) is 5.00. The Morgan fingerprint density at radius 2 is 2.26 bits per heavy atom. The van der Waals surface area contributed by atoms with E-state index in [0.29, 0.717) is 30.2 Å². The van der Waals surface area contributed by atoms with Gasteiger partial charge in [-0.15, -0.1) is 0 Å². The highest BCUT2D eigenvalue weighted by Gasteiger charge is 2.08. The molecule has 0 atom stereocenters. The second-order valence-corrected chi connectivity index (χ2v) is 4.41. The van der Waals surface area contributed by atoms with Crippen LogP contribution >= 0.6 is 0 Å². The summed E-state index contributed by atoms with van der Waals surface area (Å²) in [4.78, 5) is 13.9. The first kappa shape index (κ1) is 15.0. The lowest BCUT2D eigenvalue weighted by Crippen LogP contribution is -2.31. The average molecular weight is 263 g/mol. The predicted octanol–water partition coefficient (Wildman–Crippen LogP) is 1.12. The lowest BCUT2D eigenvalue weighted by Gasteiger charge is -2.11. The van der Waals surface area contributed by atoms with Gasteiger partial charge >= 0.3 is 0 Å². The van der Waals surface area contributed by atoms with E-state index in [4.69, 9.17) is 10.5 Å². The first-order valence-corrected chi connectivity index (χ1v) is 6.10. The SMILES string of the molecule is C=CCOc1ccc(C(=O)NCCN(C)C)cc1N. The molecule has 0 aliphatic carbocycles. The van der Waals surface area contributed by atoms with E-state index in [2.05, 4.69) is 11.9 Å². The number of nitrogen functional groups attached to an aromatic ring is 1. The minimum atomic E-state index is -0.135. The number of nitrogens with zero attached hydrogens (tertiary/aromatic N) is 1. The predicted molar refractivity (Wildman–Crippen MR) is 77.4 cm³/mol. The Bertz CT molecular complexity index is 444. The van der Waals surface area contributed by atoms with E-state index in [1.54, 1.807) is 24.3 Å². The van der Waals surface area contributed by atoms with Crippen LogP contribution in [0.3, 0.4) is 0 Å². The third-order valence-corrected chi connectivity index (χ3v) is 2.47. The Kier molecular flexibility index (Phi) is 5.89. The van der Waals surface area contributed by atoms with Gasteiger partial charge in [-0.2, -0.15) is 0 Å². The number of rotatable bonds is 7. The zero-order valence-electron chi connectivity index (χ0n) is 11.5. The van der Waals surface area contributed by atoms with Crippen molar-refractivity contribution in [2.75, 3.05) is 39.5 Å². The molecule has 5 nitrogen and oxygen atoms in total. The van der Waals surface area contributed by atoms with E-state index in [1.165, 1.54) is 0 Å². The monoisotopic (exact) mass is 263 g/mol. The Labute approximate surface area is 114 Å². The fraction of sp³-hybridized carbons (Fsp3) is 0.357. The molecule has 1 amide bonds. The van der Waals surface area contributed by atoms with Crippen molar-refractivity contribution in [3.8, 4) is 5.75 Å². The zero-order valence-corrected chi connectivity index (χ0v) is 11.5. The maximum absolute atomic E-state index is 11.9. The average Bonchev–Trinajstić information content (AvgIpc) is 2.36. The number of benzene rings is 1. The second kappa shape index (κ2) is 7.43. The quantitative estimate of drug-likeness (QED) is 0.571. The smallest absolute Gasteiger partial charge is 0.251 e. The van der Waals surface area contributed by atoms with Crippen molar-refractivity contribution in [2.45, 2.75) is 0 Å². The first-order valence-electron chi connectivity index (χ1n) is 6.10. The maximum atomic E-state index is 11.9. The maximum Gasteiger partial charge on any atom is 0.251 e. The number of hydrogen-bond donors (Lipinski definition) is 2. The highest BCUT2D eigenvalue weighted by Crippen LogP contribution is 2.22. The Morgan fingerprint density at radius 1 is 1.53 bits per heavy atom. The normalized spacial score (nSPS) is 10.3. The molecule has 5 heteroatoms. The molecular formula is C14H21N3O2. The van der Waals surface area contributed by atoms with Crippen LogP contribution in [0.25, 0.3) is 0 Å². The van der Waals surface area contributed by atoms with Crippen LogP contribution in [0.5, 0.6) is 5.75 Å². The summed E-state index contributed by atoms with van der Waals surface area (Å²) in [6.07, 6.45) is 1.64. The molecule has 0 aliphatic heterocycles. The molecule has 0 fully saturated rings. The first-order chi connectivity index (χ1) is 9.04. The van der Waals surface area contributed by atoms with Gasteiger partial charge in [0.25, 0.3) is 5.91 Å². The number of hydrogen-bond acceptors (Lipinski definition) is 4. The number of ether oxygens (including phenoxy) is 1. The molecule has 0 saturated heterocycles. The van der Waals surface area contributed by atoms with Crippen LogP contribution in [0.4, 0.5) is 5.69 Å². The molecule has 0 saturated carbocycles. The van der Waals surface area contributed by atoms with Crippen molar-refractivity contribution < 1.29 is 9.53 Å². The van der Waals surface area contributed by atoms with E-state index in [-0.39, 0.29) is 5.91 Å². The van der Waals surface area contributed by atoms with Crippen LogP contribution in [0.2, 0.25) is 0 Å². The number of anilines is 1. The molecule has 19 heavy (non-hydrogen) atoms. The molecule has 1 aromatic rings. The van der Waals surface area contributed by atoms with Crippen LogP contribution in [0.15, 0.2) is 30.9 Å². The summed E-state index contributed by atoms with van der Waals surface area (Å²) in [5.41, 5.74) is 6.81. The minimum Gasteiger partial charge on any atom is -0.487 e. The Balaban J connectivity index is 2.61. The molecule has 0 aliphatic rings. The molecule has 0 bridgehead atoms. The van der Waals surface area contributed by atoms with Crippen LogP contribution in [0.1, 0.15) is 10.4 Å². The summed E-state index contributed by atoms with van der Waals surface area (Å²) in [5.74, 6) is 0.425. The highest BCUT2D eigenvalue weighted by atomic mass is 16.5. The van der Waals surface area contributed by atoms with Crippen molar-refractivity contribution in [3.05, 3.63) is 36.4 Å². The van der Waals surface area contributed by atoms with E-state index in [1.807, 2.05) is 19.0 Å². The molecule has 0 radical (unpaired) electrons. The molecule has 0 unspecified atom stereocenters. The molecule has 1 rings (SSSR count). The van der Waals surface area contributed by atoms with Gasteiger partial charge in [-0.25, -0.2) is 0 Å². The van der Waals surface area contributed by atoms with Crippen LogP contribution < -0.4 is 15.8 Å². The summed E-state index contributed by atoms with van der Waals surface area (Å²) in [6.45, 7) is 5.34. The zero-order chi connectivity index (χ0) is 14.3. The van der Waals surface area contributed by atoms with Crippen molar-refractivity contribution in [3.63, 3.8) is 0 Å². The summed E-state index contributed by atoms with van der Waals surface area (Å²) in [5, 5.41) is 2.83. The summed E-state index contributed by atoms with van der Waals surface area (Å²) in [7, 11) is 3.91. The number of nitrogens with one attached hydrogen (secondary N) is 1. The molecule has 3 N–H and O–H groups in total. The molecular weight excluding hydrogens is 242 g/mol. The number of carbonyl (C=O) groups is 1. The molecule has 0 aromatic heterocycles. The van der Waals surface area contributed by atoms with Gasteiger partial charge in [0, 0.05) is 18.7 Å². The number of carbonyl (C=O) groups excluding carboxylic acids is 1. The minimum absolute atomic E-state index is 0.135. The largest absolute Gasteiger partial charge is 0.487 e. The van der Waals surface area contributed by atoms with Gasteiger partial charge < -0.3 is 20.7 Å². The molecule has 1 aromatic carbocycles. The molecule has 0 heterocycles. The van der Waals surface area contributed by atoms with E-state index < -0.39 is 0 Å². The summed E-state index contributed by atoms with van der Waals surface area (Å²) < 4.78 is 5.35. The molecule has 0 spiro atoms. The third-order valence-electron chi connectivity index (χ3n) is 2.47. The standard InChI is InChI=1S/C14H21N3O2/c1-4-9-19-13-6-5-11(10-12(13)15)14(18)16-7-8-17(2)3/h4-6,10H,1,7-9,15H2,2-3H3,(H,16,18). The summed E-state index contributed by atoms with van der Waals surface area (Å²) >= 11 is 0. The number of amides is 1. The van der Waals surface area contributed by atoms with Gasteiger partial charge in [-0.05, 0) is 32.3 Å². The second-order valence-electron chi connectivity index (χ2n) is 4.41. The number of likely N-dealkylation sites (N-methyl/N-ethyl adjacent to an activating group) is 1. The van der Waals surface area contributed by atoms with Gasteiger partial charge in [0.05, 0.1) is 5.69 Å². The van der Waals surface area contributed by atoms with Crippen molar-refractivity contribution >= 4 is 11.6 Å². The van der Waals surface area contributed by atoms with E-state index in [9.17, 15) is 4.79 Å². The van der Waals surface area contributed by atoms with E-state index in [0.717, 1.165) is 6.54 Å². The van der Waals surface area contributed by atoms with E-state index >= 15 is 0 Å². The van der Waals surface area contributed by atoms with Crippen molar-refractivity contribution in [1.82, 2.24) is 10.2 Å². The lowest BCUT2D eigenvalue weighted by molar-refractivity contribution is 0.0951. The topological polar surface area (TPSA) is 67.6 Å². The Hall–Kier alpha value is -2.01. The fourth-order valence-corrected chi connectivity index (χ4v) is 1.46. The third kappa shape index (κ3) is 5.01. The van der Waals surface area contributed by atoms with Crippen LogP contribution in [-0.4, -0.2) is 44.6 Å². The van der Waals surface area contributed by atoms with Gasteiger partial charge in [0.15, 0.2) is 0 Å². The van der Waals surface area contributed by atoms with Gasteiger partial charge in [-0.3, -0.25) is 4.79 Å². The van der Waals surface area contributed by atoms with Crippen LogP contribution in [0, 0.1) is 0 Å². The van der Waals surface area contributed by atoms with Crippen molar-refractivity contribution in [1.29, 1.82) is 0 Å². The van der Waals surface area contributed by atoms with Gasteiger partial charge in [-0.1, -0.05) is 12.7 Å². The highest BCUT2D eigenvalue weighted by molar-refractivity contribution is 5.95. The lowest BCUT2D eigenvalue weighted by atomic mass is 10.1. The van der Waals surface area contributed by atoms with Gasteiger partial charge in [0.2, 0.25) is 0 Å². The van der Waals surface area contributed by atoms with Gasteiger partial charge in [0.1, 0.15) is 12.4 Å².